The Morgan fingerprint density at radius 1 is 1.21 bits per heavy atom. The number of hydrogen-bond donors (Lipinski definition) is 0. The summed E-state index contributed by atoms with van der Waals surface area (Å²) in [5.74, 6) is 1.08. The Balaban J connectivity index is 2.77. The molecule has 0 heterocycles. The summed E-state index contributed by atoms with van der Waals surface area (Å²) in [6, 6.07) is 10.4. The molecule has 14 heavy (non-hydrogen) atoms. The first kappa shape index (κ1) is 11.3. The Bertz CT molecular complexity index is 280. The van der Waals surface area contributed by atoms with Gasteiger partial charge in [-0.05, 0) is 12.2 Å². The lowest BCUT2D eigenvalue weighted by atomic mass is 10.2. The van der Waals surface area contributed by atoms with Crippen LogP contribution in [0.2, 0.25) is 0 Å². The molecule has 1 nitrogen and oxygen atoms in total. The van der Waals surface area contributed by atoms with Crippen molar-refractivity contribution in [3.63, 3.8) is 0 Å². The third-order valence-corrected chi connectivity index (χ3v) is 2.71. The van der Waals surface area contributed by atoms with Gasteiger partial charge in [0.2, 0.25) is 0 Å². The van der Waals surface area contributed by atoms with E-state index < -0.39 is 0 Å². The lowest BCUT2D eigenvalue weighted by molar-refractivity contribution is 0.936. The molecule has 1 aromatic carbocycles. The minimum absolute atomic E-state index is 0.928. The maximum Gasteiger partial charge on any atom is 0.0976 e. The number of aliphatic imine (C=N–C) groups is 1. The second-order valence-electron chi connectivity index (χ2n) is 2.99. The van der Waals surface area contributed by atoms with E-state index in [1.54, 1.807) is 0 Å². The Morgan fingerprint density at radius 2 is 1.93 bits per heavy atom. The first-order chi connectivity index (χ1) is 6.88. The van der Waals surface area contributed by atoms with Crippen LogP contribution < -0.4 is 0 Å². The molecule has 2 heteroatoms. The van der Waals surface area contributed by atoms with Crippen LogP contribution in [0.25, 0.3) is 0 Å². The van der Waals surface area contributed by atoms with Crippen LogP contribution >= 0.6 is 11.8 Å². The molecule has 0 amide bonds. The molecule has 0 bridgehead atoms. The normalized spacial score (nSPS) is 11.7. The van der Waals surface area contributed by atoms with Gasteiger partial charge in [-0.1, -0.05) is 44.2 Å². The number of benzene rings is 1. The Labute approximate surface area is 90.6 Å². The lowest BCUT2D eigenvalue weighted by Gasteiger charge is -2.04. The van der Waals surface area contributed by atoms with E-state index in [0.717, 1.165) is 18.7 Å². The van der Waals surface area contributed by atoms with E-state index in [4.69, 9.17) is 0 Å². The number of hydrogen-bond acceptors (Lipinski definition) is 2. The van der Waals surface area contributed by atoms with Crippen molar-refractivity contribution < 1.29 is 0 Å². The minimum Gasteiger partial charge on any atom is -0.278 e. The summed E-state index contributed by atoms with van der Waals surface area (Å²) in [4.78, 5) is 4.58. The Kier molecular flexibility index (Phi) is 5.38. The van der Waals surface area contributed by atoms with Gasteiger partial charge in [-0.3, -0.25) is 4.99 Å². The molecule has 0 unspecified atom stereocenters. The van der Waals surface area contributed by atoms with Crippen molar-refractivity contribution in [3.8, 4) is 0 Å². The van der Waals surface area contributed by atoms with Crippen LogP contribution in [0.5, 0.6) is 0 Å². The van der Waals surface area contributed by atoms with Crippen LogP contribution in [0.4, 0.5) is 0 Å². The van der Waals surface area contributed by atoms with Gasteiger partial charge in [-0.2, -0.15) is 0 Å². The van der Waals surface area contributed by atoms with Crippen LogP contribution in [0, 0.1) is 0 Å². The molecular weight excluding hydrogens is 190 g/mol. The topological polar surface area (TPSA) is 12.4 Å². The van der Waals surface area contributed by atoms with Crippen molar-refractivity contribution in [2.24, 2.45) is 4.99 Å². The molecule has 76 valence electrons. The fraction of sp³-hybridized carbons (Fsp3) is 0.417. The number of rotatable bonds is 4. The van der Waals surface area contributed by atoms with Crippen LogP contribution in [-0.2, 0) is 0 Å². The molecule has 0 saturated carbocycles. The molecule has 0 saturated heterocycles. The number of nitrogens with zero attached hydrogens (tertiary/aromatic N) is 1. The van der Waals surface area contributed by atoms with Crippen LogP contribution in [0.15, 0.2) is 35.3 Å². The van der Waals surface area contributed by atoms with Gasteiger partial charge >= 0.3 is 0 Å². The van der Waals surface area contributed by atoms with Crippen molar-refractivity contribution in [1.29, 1.82) is 0 Å². The van der Waals surface area contributed by atoms with Gasteiger partial charge < -0.3 is 0 Å². The number of thioether (sulfide) groups is 1. The van der Waals surface area contributed by atoms with Gasteiger partial charge in [0.1, 0.15) is 0 Å². The highest BCUT2D eigenvalue weighted by Crippen LogP contribution is 2.13. The van der Waals surface area contributed by atoms with Crippen molar-refractivity contribution in [2.75, 3.05) is 12.3 Å². The fourth-order valence-electron chi connectivity index (χ4n) is 1.15. The average Bonchev–Trinajstić information content (AvgIpc) is 2.25. The molecule has 0 aliphatic heterocycles. The van der Waals surface area contributed by atoms with Gasteiger partial charge in [0, 0.05) is 12.1 Å². The van der Waals surface area contributed by atoms with Gasteiger partial charge in [0.15, 0.2) is 0 Å². The van der Waals surface area contributed by atoms with Crippen molar-refractivity contribution in [3.05, 3.63) is 35.9 Å². The second kappa shape index (κ2) is 6.66. The van der Waals surface area contributed by atoms with E-state index in [-0.39, 0.29) is 0 Å². The maximum absolute atomic E-state index is 4.58. The van der Waals surface area contributed by atoms with E-state index in [9.17, 15) is 0 Å². The first-order valence-corrected chi connectivity index (χ1v) is 6.09. The highest BCUT2D eigenvalue weighted by atomic mass is 32.2. The second-order valence-corrected chi connectivity index (χ2v) is 4.24. The zero-order chi connectivity index (χ0) is 10.2. The Hall–Kier alpha value is -0.760. The Morgan fingerprint density at radius 3 is 2.50 bits per heavy atom. The van der Waals surface area contributed by atoms with E-state index >= 15 is 0 Å². The predicted octanol–water partition coefficient (Wildman–Crippen LogP) is 3.60. The zero-order valence-corrected chi connectivity index (χ0v) is 9.68. The minimum atomic E-state index is 0.928. The molecule has 0 radical (unpaired) electrons. The van der Waals surface area contributed by atoms with Gasteiger partial charge in [-0.15, -0.1) is 11.8 Å². The molecule has 1 aromatic rings. The third kappa shape index (κ3) is 3.54. The molecule has 0 spiro atoms. The lowest BCUT2D eigenvalue weighted by Crippen LogP contribution is -1.97. The van der Waals surface area contributed by atoms with E-state index in [1.165, 1.54) is 10.6 Å². The summed E-state index contributed by atoms with van der Waals surface area (Å²) in [6.07, 6.45) is 1.11. The highest BCUT2D eigenvalue weighted by Gasteiger charge is 2.00. The fourth-order valence-corrected chi connectivity index (χ4v) is 1.91. The van der Waals surface area contributed by atoms with Crippen LogP contribution in [0.1, 0.15) is 25.8 Å². The highest BCUT2D eigenvalue weighted by molar-refractivity contribution is 8.14. The summed E-state index contributed by atoms with van der Waals surface area (Å²) < 4.78 is 0. The molecule has 0 atom stereocenters. The summed E-state index contributed by atoms with van der Waals surface area (Å²) in [7, 11) is 0. The molecule has 0 aromatic heterocycles. The molecule has 0 fully saturated rings. The van der Waals surface area contributed by atoms with Gasteiger partial charge in [-0.25, -0.2) is 0 Å². The van der Waals surface area contributed by atoms with Crippen molar-refractivity contribution in [1.82, 2.24) is 0 Å². The van der Waals surface area contributed by atoms with Crippen molar-refractivity contribution >= 4 is 16.8 Å². The molecule has 0 aliphatic carbocycles. The first-order valence-electron chi connectivity index (χ1n) is 5.11. The summed E-state index contributed by atoms with van der Waals surface area (Å²) >= 11 is 1.82. The van der Waals surface area contributed by atoms with E-state index in [0.29, 0.717) is 0 Å². The standard InChI is InChI=1S/C12H17NS/c1-3-10-13-12(14-4-2)11-8-6-5-7-9-11/h5-9H,3-4,10H2,1-2H3/b13-12+. The monoisotopic (exact) mass is 207 g/mol. The van der Waals surface area contributed by atoms with Crippen LogP contribution in [-0.4, -0.2) is 17.3 Å². The SMILES string of the molecule is CCC/N=C(/SCC)c1ccccc1. The van der Waals surface area contributed by atoms with E-state index in [2.05, 4.69) is 43.1 Å². The summed E-state index contributed by atoms with van der Waals surface area (Å²) in [6.45, 7) is 5.25. The summed E-state index contributed by atoms with van der Waals surface area (Å²) in [5.41, 5.74) is 1.24. The maximum atomic E-state index is 4.58. The predicted molar refractivity (Wildman–Crippen MR) is 66.3 cm³/mol. The smallest absolute Gasteiger partial charge is 0.0976 e. The quantitative estimate of drug-likeness (QED) is 0.543. The molecule has 1 rings (SSSR count). The van der Waals surface area contributed by atoms with Gasteiger partial charge in [0.05, 0.1) is 5.04 Å². The zero-order valence-electron chi connectivity index (χ0n) is 8.86. The average molecular weight is 207 g/mol. The molecule has 0 N–H and O–H groups in total. The van der Waals surface area contributed by atoms with E-state index in [1.807, 2.05) is 17.8 Å². The van der Waals surface area contributed by atoms with Gasteiger partial charge in [0.25, 0.3) is 0 Å². The molecule has 0 aliphatic rings. The molecular formula is C12H17NS. The largest absolute Gasteiger partial charge is 0.278 e. The van der Waals surface area contributed by atoms with Crippen molar-refractivity contribution in [2.45, 2.75) is 20.3 Å². The van der Waals surface area contributed by atoms with Crippen LogP contribution in [0.3, 0.4) is 0 Å². The third-order valence-electron chi connectivity index (χ3n) is 1.78. The summed E-state index contributed by atoms with van der Waals surface area (Å²) in [5, 5.41) is 1.18.